The van der Waals surface area contributed by atoms with E-state index in [1.54, 1.807) is 19.2 Å². The van der Waals surface area contributed by atoms with Crippen LogP contribution in [-0.4, -0.2) is 7.05 Å². The summed E-state index contributed by atoms with van der Waals surface area (Å²) in [5.74, 6) is 0. The van der Waals surface area contributed by atoms with E-state index in [0.29, 0.717) is 5.02 Å². The zero-order chi connectivity index (χ0) is 8.97. The molecule has 1 N–H and O–H groups in total. The molecule has 3 heteroatoms. The van der Waals surface area contributed by atoms with Crippen LogP contribution < -0.4 is 5.32 Å². The summed E-state index contributed by atoms with van der Waals surface area (Å²) in [6, 6.07) is 9.13. The Morgan fingerprint density at radius 1 is 1.58 bits per heavy atom. The summed E-state index contributed by atoms with van der Waals surface area (Å²) in [6.07, 6.45) is 0. The van der Waals surface area contributed by atoms with Gasteiger partial charge in [-0.25, -0.2) is 0 Å². The van der Waals surface area contributed by atoms with E-state index >= 15 is 0 Å². The van der Waals surface area contributed by atoms with Gasteiger partial charge >= 0.3 is 0 Å². The Morgan fingerprint density at radius 3 is 2.83 bits per heavy atom. The van der Waals surface area contributed by atoms with Crippen LogP contribution in [0.4, 0.5) is 0 Å². The summed E-state index contributed by atoms with van der Waals surface area (Å²) in [4.78, 5) is 0. The molecule has 0 aliphatic carbocycles. The molecule has 0 aromatic heterocycles. The number of nitriles is 1. The number of nitrogens with one attached hydrogen (secondary N) is 1. The molecular weight excluding hydrogens is 172 g/mol. The summed E-state index contributed by atoms with van der Waals surface area (Å²) in [7, 11) is 1.74. The van der Waals surface area contributed by atoms with Crippen LogP contribution in [0.15, 0.2) is 24.3 Å². The van der Waals surface area contributed by atoms with Gasteiger partial charge in [0.1, 0.15) is 6.04 Å². The molecule has 0 fully saturated rings. The Labute approximate surface area is 76.8 Å². The Morgan fingerprint density at radius 2 is 2.33 bits per heavy atom. The number of halogens is 1. The fourth-order valence-electron chi connectivity index (χ4n) is 0.992. The van der Waals surface area contributed by atoms with Gasteiger partial charge in [0.15, 0.2) is 0 Å². The summed E-state index contributed by atoms with van der Waals surface area (Å²) in [5, 5.41) is 12.2. The van der Waals surface area contributed by atoms with Crippen LogP contribution in [-0.2, 0) is 0 Å². The van der Waals surface area contributed by atoms with Gasteiger partial charge in [-0.3, -0.25) is 0 Å². The zero-order valence-corrected chi connectivity index (χ0v) is 7.47. The first-order chi connectivity index (χ1) is 5.77. The Bertz CT molecular complexity index is 304. The van der Waals surface area contributed by atoms with E-state index in [4.69, 9.17) is 16.9 Å². The molecule has 0 heterocycles. The fraction of sp³-hybridized carbons (Fsp3) is 0.222. The maximum Gasteiger partial charge on any atom is 0.121 e. The molecule has 0 saturated carbocycles. The normalized spacial score (nSPS) is 12.1. The van der Waals surface area contributed by atoms with E-state index in [0.717, 1.165) is 5.56 Å². The molecule has 2 nitrogen and oxygen atoms in total. The molecule has 0 spiro atoms. The minimum absolute atomic E-state index is 0.274. The van der Waals surface area contributed by atoms with Crippen LogP contribution >= 0.6 is 11.6 Å². The molecule has 0 amide bonds. The van der Waals surface area contributed by atoms with Crippen molar-refractivity contribution in [2.75, 3.05) is 7.05 Å². The first-order valence-corrected chi connectivity index (χ1v) is 3.98. The van der Waals surface area contributed by atoms with Gasteiger partial charge in [-0.05, 0) is 24.7 Å². The summed E-state index contributed by atoms with van der Waals surface area (Å²) in [5.41, 5.74) is 0.896. The van der Waals surface area contributed by atoms with Gasteiger partial charge in [0.25, 0.3) is 0 Å². The standard InChI is InChI=1S/C9H9ClN2/c1-12-9(6-11)7-3-2-4-8(10)5-7/h2-5,9,12H,1H3/t9-/m1/s1. The minimum atomic E-state index is -0.274. The van der Waals surface area contributed by atoms with Crippen LogP contribution in [0.3, 0.4) is 0 Å². The summed E-state index contributed by atoms with van der Waals surface area (Å²) in [6.45, 7) is 0. The van der Waals surface area contributed by atoms with Crippen molar-refractivity contribution in [3.05, 3.63) is 34.9 Å². The third kappa shape index (κ3) is 1.97. The van der Waals surface area contributed by atoms with E-state index in [9.17, 15) is 0 Å². The molecule has 62 valence electrons. The van der Waals surface area contributed by atoms with Crippen molar-refractivity contribution < 1.29 is 0 Å². The monoisotopic (exact) mass is 180 g/mol. The number of rotatable bonds is 2. The van der Waals surface area contributed by atoms with Crippen LogP contribution in [0.25, 0.3) is 0 Å². The molecule has 12 heavy (non-hydrogen) atoms. The van der Waals surface area contributed by atoms with Crippen molar-refractivity contribution >= 4 is 11.6 Å². The van der Waals surface area contributed by atoms with Crippen LogP contribution in [0.5, 0.6) is 0 Å². The largest absolute Gasteiger partial charge is 0.301 e. The topological polar surface area (TPSA) is 35.8 Å². The fourth-order valence-corrected chi connectivity index (χ4v) is 1.19. The molecule has 1 aromatic carbocycles. The van der Waals surface area contributed by atoms with Crippen molar-refractivity contribution in [2.45, 2.75) is 6.04 Å². The average Bonchev–Trinajstić information content (AvgIpc) is 2.07. The smallest absolute Gasteiger partial charge is 0.121 e. The van der Waals surface area contributed by atoms with Gasteiger partial charge in [0.05, 0.1) is 6.07 Å². The number of benzene rings is 1. The van der Waals surface area contributed by atoms with E-state index in [1.807, 2.05) is 12.1 Å². The summed E-state index contributed by atoms with van der Waals surface area (Å²) >= 11 is 5.77. The lowest BCUT2D eigenvalue weighted by Crippen LogP contribution is -2.13. The molecule has 0 unspecified atom stereocenters. The maximum absolute atomic E-state index is 8.71. The van der Waals surface area contributed by atoms with Crippen molar-refractivity contribution in [3.8, 4) is 6.07 Å². The second kappa shape index (κ2) is 4.10. The highest BCUT2D eigenvalue weighted by Crippen LogP contribution is 2.16. The van der Waals surface area contributed by atoms with Gasteiger partial charge < -0.3 is 5.32 Å². The highest BCUT2D eigenvalue weighted by molar-refractivity contribution is 6.30. The molecule has 0 bridgehead atoms. The molecule has 1 atom stereocenters. The molecule has 0 saturated heterocycles. The van der Waals surface area contributed by atoms with Gasteiger partial charge in [0.2, 0.25) is 0 Å². The Balaban J connectivity index is 2.95. The van der Waals surface area contributed by atoms with E-state index in [1.165, 1.54) is 0 Å². The molecule has 0 radical (unpaired) electrons. The predicted octanol–water partition coefficient (Wildman–Crippen LogP) is 2.12. The predicted molar refractivity (Wildman–Crippen MR) is 48.9 cm³/mol. The molecule has 1 aromatic rings. The second-order valence-electron chi connectivity index (χ2n) is 2.41. The third-order valence-electron chi connectivity index (χ3n) is 1.60. The van der Waals surface area contributed by atoms with Gasteiger partial charge in [-0.15, -0.1) is 0 Å². The van der Waals surface area contributed by atoms with E-state index < -0.39 is 0 Å². The molecule has 0 aliphatic rings. The summed E-state index contributed by atoms with van der Waals surface area (Å²) < 4.78 is 0. The van der Waals surface area contributed by atoms with Gasteiger partial charge in [0, 0.05) is 5.02 Å². The van der Waals surface area contributed by atoms with Crippen LogP contribution in [0, 0.1) is 11.3 Å². The number of hydrogen-bond donors (Lipinski definition) is 1. The average molecular weight is 181 g/mol. The lowest BCUT2D eigenvalue weighted by atomic mass is 10.1. The van der Waals surface area contributed by atoms with Crippen molar-refractivity contribution in [1.29, 1.82) is 5.26 Å². The van der Waals surface area contributed by atoms with E-state index in [2.05, 4.69) is 11.4 Å². The van der Waals surface area contributed by atoms with Gasteiger partial charge in [-0.2, -0.15) is 5.26 Å². The first kappa shape index (κ1) is 9.05. The Hall–Kier alpha value is -1.04. The highest BCUT2D eigenvalue weighted by atomic mass is 35.5. The lowest BCUT2D eigenvalue weighted by Gasteiger charge is -2.07. The minimum Gasteiger partial charge on any atom is -0.301 e. The van der Waals surface area contributed by atoms with Crippen molar-refractivity contribution in [1.82, 2.24) is 5.32 Å². The molecule has 1 rings (SSSR count). The molecular formula is C9H9ClN2. The second-order valence-corrected chi connectivity index (χ2v) is 2.84. The first-order valence-electron chi connectivity index (χ1n) is 3.60. The third-order valence-corrected chi connectivity index (χ3v) is 1.83. The van der Waals surface area contributed by atoms with Crippen LogP contribution in [0.1, 0.15) is 11.6 Å². The number of nitrogens with zero attached hydrogens (tertiary/aromatic N) is 1. The van der Waals surface area contributed by atoms with Crippen LogP contribution in [0.2, 0.25) is 5.02 Å². The Kier molecular flexibility index (Phi) is 3.09. The zero-order valence-electron chi connectivity index (χ0n) is 6.71. The van der Waals surface area contributed by atoms with E-state index in [-0.39, 0.29) is 6.04 Å². The number of hydrogen-bond acceptors (Lipinski definition) is 2. The highest BCUT2D eigenvalue weighted by Gasteiger charge is 2.06. The SMILES string of the molecule is CN[C@H](C#N)c1cccc(Cl)c1. The quantitative estimate of drug-likeness (QED) is 0.757. The maximum atomic E-state index is 8.71. The van der Waals surface area contributed by atoms with Gasteiger partial charge in [-0.1, -0.05) is 23.7 Å². The van der Waals surface area contributed by atoms with Crippen molar-refractivity contribution in [2.24, 2.45) is 0 Å². The van der Waals surface area contributed by atoms with Crippen molar-refractivity contribution in [3.63, 3.8) is 0 Å². The molecule has 0 aliphatic heterocycles. The lowest BCUT2D eigenvalue weighted by molar-refractivity contribution is 0.727.